The molecule has 2 heterocycles. The van der Waals surface area contributed by atoms with Gasteiger partial charge in [-0.15, -0.1) is 12.4 Å². The van der Waals surface area contributed by atoms with E-state index in [-0.39, 0.29) is 30.5 Å². The van der Waals surface area contributed by atoms with Crippen LogP contribution >= 0.6 is 12.4 Å². The van der Waals surface area contributed by atoms with Gasteiger partial charge in [0.1, 0.15) is 6.10 Å². The van der Waals surface area contributed by atoms with E-state index in [4.69, 9.17) is 9.47 Å². The van der Waals surface area contributed by atoms with Crippen molar-refractivity contribution < 1.29 is 14.3 Å². The first kappa shape index (κ1) is 15.7. The minimum atomic E-state index is -0.310. The number of halogens is 1. The van der Waals surface area contributed by atoms with E-state index >= 15 is 0 Å². The second-order valence-electron chi connectivity index (χ2n) is 4.89. The zero-order chi connectivity index (χ0) is 12.3. The summed E-state index contributed by atoms with van der Waals surface area (Å²) in [5.74, 6) is 0.626. The van der Waals surface area contributed by atoms with Crippen molar-refractivity contribution >= 4 is 18.3 Å². The third-order valence-corrected chi connectivity index (χ3v) is 3.71. The predicted molar refractivity (Wildman–Crippen MR) is 71.0 cm³/mol. The van der Waals surface area contributed by atoms with Gasteiger partial charge in [-0.05, 0) is 12.3 Å². The minimum absolute atomic E-state index is 0. The van der Waals surface area contributed by atoms with Crippen LogP contribution in [0.2, 0.25) is 0 Å². The largest absolute Gasteiger partial charge is 0.379 e. The summed E-state index contributed by atoms with van der Waals surface area (Å²) < 4.78 is 10.9. The average Bonchev–Trinajstić information content (AvgIpc) is 2.39. The van der Waals surface area contributed by atoms with Gasteiger partial charge >= 0.3 is 0 Å². The summed E-state index contributed by atoms with van der Waals surface area (Å²) in [6.07, 6.45) is 0.851. The Morgan fingerprint density at radius 1 is 1.50 bits per heavy atom. The Hall–Kier alpha value is -0.360. The number of nitrogens with zero attached hydrogens (tertiary/aromatic N) is 1. The van der Waals surface area contributed by atoms with Crippen LogP contribution in [0.4, 0.5) is 0 Å². The second kappa shape index (κ2) is 7.28. The maximum absolute atomic E-state index is 12.2. The number of carbonyl (C=O) groups is 1. The van der Waals surface area contributed by atoms with Crippen molar-refractivity contribution in [3.05, 3.63) is 0 Å². The third-order valence-electron chi connectivity index (χ3n) is 3.71. The Morgan fingerprint density at radius 3 is 2.89 bits per heavy atom. The molecule has 0 aromatic rings. The van der Waals surface area contributed by atoms with Crippen molar-refractivity contribution in [2.24, 2.45) is 5.92 Å². The molecule has 2 fully saturated rings. The number of likely N-dealkylation sites (tertiary alicyclic amines) is 1. The molecule has 0 aromatic carbocycles. The molecular formula is C12H23ClN2O3. The summed E-state index contributed by atoms with van der Waals surface area (Å²) in [7, 11) is 1.72. The molecule has 0 saturated carbocycles. The molecule has 5 nitrogen and oxygen atoms in total. The molecule has 106 valence electrons. The van der Waals surface area contributed by atoms with E-state index in [1.54, 1.807) is 7.11 Å². The Balaban J connectivity index is 0.00000162. The van der Waals surface area contributed by atoms with E-state index in [0.29, 0.717) is 25.6 Å². The number of carbonyl (C=O) groups excluding carboxylic acids is 1. The van der Waals surface area contributed by atoms with Crippen LogP contribution in [0.15, 0.2) is 0 Å². The topological polar surface area (TPSA) is 50.8 Å². The van der Waals surface area contributed by atoms with Gasteiger partial charge in [0, 0.05) is 33.3 Å². The fourth-order valence-electron chi connectivity index (χ4n) is 2.47. The monoisotopic (exact) mass is 278 g/mol. The standard InChI is InChI=1S/C12H22N2O3.ClH/c1-9-3-5-14(8-11(9)16-2)12(15)10-7-13-4-6-17-10;/h9-11,13H,3-8H2,1-2H3;1H. The van der Waals surface area contributed by atoms with Gasteiger partial charge in [-0.25, -0.2) is 0 Å². The summed E-state index contributed by atoms with van der Waals surface area (Å²) in [4.78, 5) is 14.1. The predicted octanol–water partition coefficient (Wildman–Crippen LogP) is 0.280. The summed E-state index contributed by atoms with van der Waals surface area (Å²) >= 11 is 0. The average molecular weight is 279 g/mol. The number of ether oxygens (including phenoxy) is 2. The van der Waals surface area contributed by atoms with E-state index in [2.05, 4.69) is 12.2 Å². The molecule has 3 unspecified atom stereocenters. The lowest BCUT2D eigenvalue weighted by atomic mass is 9.95. The van der Waals surface area contributed by atoms with Gasteiger partial charge in [-0.2, -0.15) is 0 Å². The maximum atomic E-state index is 12.2. The molecule has 6 heteroatoms. The van der Waals surface area contributed by atoms with Crippen LogP contribution < -0.4 is 5.32 Å². The molecule has 1 N–H and O–H groups in total. The maximum Gasteiger partial charge on any atom is 0.253 e. The third kappa shape index (κ3) is 3.57. The van der Waals surface area contributed by atoms with Gasteiger partial charge in [-0.1, -0.05) is 6.92 Å². The summed E-state index contributed by atoms with van der Waals surface area (Å²) in [5.41, 5.74) is 0. The number of methoxy groups -OCH3 is 1. The van der Waals surface area contributed by atoms with Crippen LogP contribution in [-0.4, -0.2) is 62.9 Å². The van der Waals surface area contributed by atoms with Gasteiger partial charge in [0.25, 0.3) is 5.91 Å². The lowest BCUT2D eigenvalue weighted by Gasteiger charge is -2.38. The van der Waals surface area contributed by atoms with Crippen molar-refractivity contribution in [2.75, 3.05) is 39.9 Å². The molecule has 18 heavy (non-hydrogen) atoms. The highest BCUT2D eigenvalue weighted by atomic mass is 35.5. The normalized spacial score (nSPS) is 32.8. The van der Waals surface area contributed by atoms with Crippen LogP contribution in [0.5, 0.6) is 0 Å². The molecule has 2 saturated heterocycles. The van der Waals surface area contributed by atoms with E-state index < -0.39 is 0 Å². The summed E-state index contributed by atoms with van der Waals surface area (Å²) in [5, 5.41) is 3.19. The Labute approximate surface area is 115 Å². The number of piperidine rings is 1. The number of nitrogens with one attached hydrogen (secondary N) is 1. The zero-order valence-corrected chi connectivity index (χ0v) is 11.9. The number of hydrogen-bond donors (Lipinski definition) is 1. The summed E-state index contributed by atoms with van der Waals surface area (Å²) in [6, 6.07) is 0. The van der Waals surface area contributed by atoms with E-state index in [1.807, 2.05) is 4.90 Å². The highest BCUT2D eigenvalue weighted by molar-refractivity contribution is 5.85. The quantitative estimate of drug-likeness (QED) is 0.788. The number of rotatable bonds is 2. The molecule has 2 aliphatic heterocycles. The van der Waals surface area contributed by atoms with Gasteiger partial charge in [0.05, 0.1) is 12.7 Å². The zero-order valence-electron chi connectivity index (χ0n) is 11.1. The van der Waals surface area contributed by atoms with Crippen molar-refractivity contribution in [1.29, 1.82) is 0 Å². The first-order chi connectivity index (χ1) is 8.22. The van der Waals surface area contributed by atoms with Crippen LogP contribution in [0.25, 0.3) is 0 Å². The minimum Gasteiger partial charge on any atom is -0.379 e. The number of amides is 1. The summed E-state index contributed by atoms with van der Waals surface area (Å²) in [6.45, 7) is 5.77. The molecule has 0 radical (unpaired) electrons. The molecular weight excluding hydrogens is 256 g/mol. The molecule has 0 bridgehead atoms. The van der Waals surface area contributed by atoms with E-state index in [1.165, 1.54) is 0 Å². The lowest BCUT2D eigenvalue weighted by molar-refractivity contribution is -0.150. The Morgan fingerprint density at radius 2 is 2.28 bits per heavy atom. The highest BCUT2D eigenvalue weighted by Gasteiger charge is 2.33. The van der Waals surface area contributed by atoms with Crippen LogP contribution in [-0.2, 0) is 14.3 Å². The first-order valence-electron chi connectivity index (χ1n) is 6.36. The molecule has 2 aliphatic rings. The van der Waals surface area contributed by atoms with Gasteiger partial charge in [0.2, 0.25) is 0 Å². The SMILES string of the molecule is COC1CN(C(=O)C2CNCCO2)CCC1C.Cl. The van der Waals surface area contributed by atoms with Gasteiger partial charge in [0.15, 0.2) is 0 Å². The second-order valence-corrected chi connectivity index (χ2v) is 4.89. The molecule has 0 spiro atoms. The molecule has 0 aliphatic carbocycles. The molecule has 1 amide bonds. The molecule has 0 aromatic heterocycles. The molecule has 3 atom stereocenters. The fourth-order valence-corrected chi connectivity index (χ4v) is 2.47. The van der Waals surface area contributed by atoms with Crippen molar-refractivity contribution in [1.82, 2.24) is 10.2 Å². The Bertz CT molecular complexity index is 272. The highest BCUT2D eigenvalue weighted by Crippen LogP contribution is 2.20. The van der Waals surface area contributed by atoms with Crippen LogP contribution in [0.1, 0.15) is 13.3 Å². The van der Waals surface area contributed by atoms with E-state index in [9.17, 15) is 4.79 Å². The van der Waals surface area contributed by atoms with Crippen LogP contribution in [0, 0.1) is 5.92 Å². The molecule has 2 rings (SSSR count). The van der Waals surface area contributed by atoms with E-state index in [0.717, 1.165) is 19.5 Å². The van der Waals surface area contributed by atoms with Crippen LogP contribution in [0.3, 0.4) is 0 Å². The lowest BCUT2D eigenvalue weighted by Crippen LogP contribution is -2.54. The smallest absolute Gasteiger partial charge is 0.253 e. The van der Waals surface area contributed by atoms with Gasteiger partial charge < -0.3 is 19.7 Å². The number of morpholine rings is 1. The van der Waals surface area contributed by atoms with Crippen molar-refractivity contribution in [3.8, 4) is 0 Å². The fraction of sp³-hybridized carbons (Fsp3) is 0.917. The Kier molecular flexibility index (Phi) is 6.35. The van der Waals surface area contributed by atoms with Crippen molar-refractivity contribution in [3.63, 3.8) is 0 Å². The van der Waals surface area contributed by atoms with Gasteiger partial charge in [-0.3, -0.25) is 4.79 Å². The first-order valence-corrected chi connectivity index (χ1v) is 6.36. The van der Waals surface area contributed by atoms with Crippen molar-refractivity contribution in [2.45, 2.75) is 25.6 Å². The number of hydrogen-bond acceptors (Lipinski definition) is 4.